The monoisotopic (exact) mass is 225 g/mol. The van der Waals surface area contributed by atoms with Crippen LogP contribution in [0.3, 0.4) is 0 Å². The normalized spacial score (nSPS) is 12.4. The zero-order valence-corrected chi connectivity index (χ0v) is 10.8. The molecular weight excluding hydrogens is 206 g/mol. The van der Waals surface area contributed by atoms with Crippen molar-refractivity contribution < 1.29 is 0 Å². The Kier molecular flexibility index (Phi) is 3.58. The molecule has 1 atom stereocenters. The molecule has 0 aliphatic rings. The molecule has 0 aliphatic heterocycles. The van der Waals surface area contributed by atoms with E-state index in [2.05, 4.69) is 62.2 Å². The minimum absolute atomic E-state index is 0.543. The van der Waals surface area contributed by atoms with Crippen molar-refractivity contribution in [1.82, 2.24) is 4.98 Å². The summed E-state index contributed by atoms with van der Waals surface area (Å²) >= 11 is 0. The Morgan fingerprint density at radius 3 is 2.53 bits per heavy atom. The number of nitrogens with zero attached hydrogens (tertiary/aromatic N) is 1. The van der Waals surface area contributed by atoms with E-state index < -0.39 is 0 Å². The van der Waals surface area contributed by atoms with Crippen molar-refractivity contribution in [2.75, 3.05) is 0 Å². The van der Waals surface area contributed by atoms with Crippen LogP contribution >= 0.6 is 0 Å². The van der Waals surface area contributed by atoms with Gasteiger partial charge in [-0.2, -0.15) is 0 Å². The molecule has 0 spiro atoms. The van der Waals surface area contributed by atoms with Gasteiger partial charge in [-0.25, -0.2) is 0 Å². The fourth-order valence-electron chi connectivity index (χ4n) is 1.90. The van der Waals surface area contributed by atoms with Gasteiger partial charge in [-0.1, -0.05) is 49.7 Å². The molecule has 0 fully saturated rings. The van der Waals surface area contributed by atoms with Crippen molar-refractivity contribution in [2.24, 2.45) is 0 Å². The maximum absolute atomic E-state index is 4.56. The van der Waals surface area contributed by atoms with Crippen LogP contribution in [0.4, 0.5) is 0 Å². The average molecular weight is 225 g/mol. The quantitative estimate of drug-likeness (QED) is 0.745. The predicted octanol–water partition coefficient (Wildman–Crippen LogP) is 4.57. The Morgan fingerprint density at radius 1 is 1.12 bits per heavy atom. The van der Waals surface area contributed by atoms with Gasteiger partial charge in [0.25, 0.3) is 0 Å². The van der Waals surface area contributed by atoms with Crippen molar-refractivity contribution >= 4 is 0 Å². The van der Waals surface area contributed by atoms with Gasteiger partial charge in [0, 0.05) is 17.5 Å². The van der Waals surface area contributed by atoms with Crippen LogP contribution in [0.1, 0.15) is 37.4 Å². The molecule has 88 valence electrons. The lowest BCUT2D eigenvalue weighted by Crippen LogP contribution is -1.95. The summed E-state index contributed by atoms with van der Waals surface area (Å²) in [6.07, 6.45) is 3.12. The third-order valence-electron chi connectivity index (χ3n) is 3.26. The van der Waals surface area contributed by atoms with Crippen LogP contribution < -0.4 is 0 Å². The highest BCUT2D eigenvalue weighted by atomic mass is 14.7. The molecule has 0 N–H and O–H groups in total. The fourth-order valence-corrected chi connectivity index (χ4v) is 1.90. The molecule has 2 rings (SSSR count). The number of aryl methyl sites for hydroxylation is 1. The third-order valence-corrected chi connectivity index (χ3v) is 3.26. The summed E-state index contributed by atoms with van der Waals surface area (Å²) in [5.74, 6) is 0.543. The number of benzene rings is 1. The first kappa shape index (κ1) is 11.8. The molecule has 0 saturated carbocycles. The van der Waals surface area contributed by atoms with E-state index in [0.717, 1.165) is 6.42 Å². The van der Waals surface area contributed by atoms with E-state index in [1.807, 2.05) is 6.20 Å². The van der Waals surface area contributed by atoms with E-state index >= 15 is 0 Å². The SMILES string of the molecule is CCC(C)c1ccc(-c2cccc(C)c2)cn1. The van der Waals surface area contributed by atoms with Crippen LogP contribution in [0, 0.1) is 6.92 Å². The van der Waals surface area contributed by atoms with Gasteiger partial charge < -0.3 is 0 Å². The smallest absolute Gasteiger partial charge is 0.0432 e. The van der Waals surface area contributed by atoms with Crippen molar-refractivity contribution in [3.8, 4) is 11.1 Å². The lowest BCUT2D eigenvalue weighted by Gasteiger charge is -2.09. The van der Waals surface area contributed by atoms with Gasteiger partial charge in [0.1, 0.15) is 0 Å². The molecular formula is C16H19N. The second kappa shape index (κ2) is 5.13. The molecule has 0 bridgehead atoms. The Hall–Kier alpha value is -1.63. The van der Waals surface area contributed by atoms with Gasteiger partial charge in [-0.05, 0) is 30.9 Å². The fraction of sp³-hybridized carbons (Fsp3) is 0.312. The van der Waals surface area contributed by atoms with Gasteiger partial charge in [-0.3, -0.25) is 4.98 Å². The topological polar surface area (TPSA) is 12.9 Å². The van der Waals surface area contributed by atoms with Gasteiger partial charge >= 0.3 is 0 Å². The summed E-state index contributed by atoms with van der Waals surface area (Å²) in [7, 11) is 0. The molecule has 1 nitrogen and oxygen atoms in total. The van der Waals surface area contributed by atoms with Crippen LogP contribution in [0.2, 0.25) is 0 Å². The lowest BCUT2D eigenvalue weighted by molar-refractivity contribution is 0.708. The Balaban J connectivity index is 2.29. The minimum Gasteiger partial charge on any atom is -0.260 e. The summed E-state index contributed by atoms with van der Waals surface area (Å²) in [6.45, 7) is 6.53. The second-order valence-electron chi connectivity index (χ2n) is 4.65. The molecule has 1 heterocycles. The van der Waals surface area contributed by atoms with Gasteiger partial charge in [0.15, 0.2) is 0 Å². The van der Waals surface area contributed by atoms with Crippen molar-refractivity contribution in [2.45, 2.75) is 33.1 Å². The molecule has 2 aromatic rings. The Labute approximate surface area is 104 Å². The molecule has 0 radical (unpaired) electrons. The van der Waals surface area contributed by atoms with Crippen molar-refractivity contribution in [3.63, 3.8) is 0 Å². The van der Waals surface area contributed by atoms with E-state index in [1.54, 1.807) is 0 Å². The summed E-state index contributed by atoms with van der Waals surface area (Å²) in [4.78, 5) is 4.56. The highest BCUT2D eigenvalue weighted by molar-refractivity contribution is 5.63. The van der Waals surface area contributed by atoms with Crippen LogP contribution in [-0.2, 0) is 0 Å². The maximum atomic E-state index is 4.56. The summed E-state index contributed by atoms with van der Waals surface area (Å²) in [5.41, 5.74) is 4.91. The molecule has 1 aromatic carbocycles. The van der Waals surface area contributed by atoms with Crippen molar-refractivity contribution in [3.05, 3.63) is 53.9 Å². The molecule has 0 amide bonds. The van der Waals surface area contributed by atoms with Crippen LogP contribution in [0.25, 0.3) is 11.1 Å². The van der Waals surface area contributed by atoms with E-state index in [9.17, 15) is 0 Å². The number of hydrogen-bond acceptors (Lipinski definition) is 1. The van der Waals surface area contributed by atoms with Gasteiger partial charge in [0.05, 0.1) is 0 Å². The summed E-state index contributed by atoms with van der Waals surface area (Å²) in [5, 5.41) is 0. The van der Waals surface area contributed by atoms with E-state index in [0.29, 0.717) is 5.92 Å². The zero-order chi connectivity index (χ0) is 12.3. The Morgan fingerprint density at radius 2 is 1.94 bits per heavy atom. The summed E-state index contributed by atoms with van der Waals surface area (Å²) in [6, 6.07) is 12.8. The maximum Gasteiger partial charge on any atom is 0.0432 e. The Bertz CT molecular complexity index is 485. The van der Waals surface area contributed by atoms with E-state index in [4.69, 9.17) is 0 Å². The molecule has 17 heavy (non-hydrogen) atoms. The van der Waals surface area contributed by atoms with Crippen molar-refractivity contribution in [1.29, 1.82) is 0 Å². The summed E-state index contributed by atoms with van der Waals surface area (Å²) < 4.78 is 0. The lowest BCUT2D eigenvalue weighted by atomic mass is 10.0. The number of hydrogen-bond donors (Lipinski definition) is 0. The molecule has 1 unspecified atom stereocenters. The van der Waals surface area contributed by atoms with E-state index in [1.165, 1.54) is 22.4 Å². The van der Waals surface area contributed by atoms with Crippen LogP contribution in [0.15, 0.2) is 42.6 Å². The molecule has 1 heteroatoms. The zero-order valence-electron chi connectivity index (χ0n) is 10.8. The van der Waals surface area contributed by atoms with E-state index in [-0.39, 0.29) is 0 Å². The highest BCUT2D eigenvalue weighted by Gasteiger charge is 2.04. The number of pyridine rings is 1. The predicted molar refractivity (Wildman–Crippen MR) is 73.1 cm³/mol. The van der Waals surface area contributed by atoms with Gasteiger partial charge in [-0.15, -0.1) is 0 Å². The standard InChI is InChI=1S/C16H19N/c1-4-13(3)16-9-8-15(11-17-16)14-7-5-6-12(2)10-14/h5-11,13H,4H2,1-3H3. The van der Waals surface area contributed by atoms with Gasteiger partial charge in [0.2, 0.25) is 0 Å². The largest absolute Gasteiger partial charge is 0.260 e. The molecule has 0 aliphatic carbocycles. The highest BCUT2D eigenvalue weighted by Crippen LogP contribution is 2.22. The third kappa shape index (κ3) is 2.73. The number of rotatable bonds is 3. The van der Waals surface area contributed by atoms with Crippen LogP contribution in [0.5, 0.6) is 0 Å². The first-order valence-corrected chi connectivity index (χ1v) is 6.23. The first-order valence-electron chi connectivity index (χ1n) is 6.23. The minimum atomic E-state index is 0.543. The second-order valence-corrected chi connectivity index (χ2v) is 4.65. The molecule has 1 aromatic heterocycles. The molecule has 0 saturated heterocycles. The van der Waals surface area contributed by atoms with Crippen LogP contribution in [-0.4, -0.2) is 4.98 Å². The number of aromatic nitrogens is 1. The first-order chi connectivity index (χ1) is 8.20. The average Bonchev–Trinajstić information content (AvgIpc) is 2.38.